The summed E-state index contributed by atoms with van der Waals surface area (Å²) in [4.78, 5) is 13.9. The van der Waals surface area contributed by atoms with E-state index in [0.717, 1.165) is 31.7 Å². The van der Waals surface area contributed by atoms with Gasteiger partial charge in [-0.05, 0) is 12.1 Å². The van der Waals surface area contributed by atoms with Crippen LogP contribution >= 0.6 is 0 Å². The van der Waals surface area contributed by atoms with Crippen molar-refractivity contribution in [3.05, 3.63) is 29.8 Å². The molecule has 1 aromatic carbocycles. The van der Waals surface area contributed by atoms with Crippen LogP contribution < -0.4 is 14.8 Å². The highest BCUT2D eigenvalue weighted by Gasteiger charge is 2.14. The third kappa shape index (κ3) is 3.30. The molecule has 2 rings (SSSR count). The summed E-state index contributed by atoms with van der Waals surface area (Å²) in [6.45, 7) is 3.20. The van der Waals surface area contributed by atoms with E-state index in [4.69, 9.17) is 9.47 Å². The van der Waals surface area contributed by atoms with Gasteiger partial charge in [0.25, 0.3) is 0 Å². The van der Waals surface area contributed by atoms with Gasteiger partial charge in [0.1, 0.15) is 0 Å². The second-order valence-corrected chi connectivity index (χ2v) is 4.49. The van der Waals surface area contributed by atoms with Crippen LogP contribution in [0.25, 0.3) is 6.08 Å². The monoisotopic (exact) mass is 276 g/mol. The maximum absolute atomic E-state index is 12.1. The van der Waals surface area contributed by atoms with Crippen molar-refractivity contribution in [1.29, 1.82) is 0 Å². The molecule has 1 saturated heterocycles. The lowest BCUT2D eigenvalue weighted by molar-refractivity contribution is -0.126. The minimum atomic E-state index is 0.0244. The van der Waals surface area contributed by atoms with Gasteiger partial charge in [-0.1, -0.05) is 12.1 Å². The number of hydrogen-bond donors (Lipinski definition) is 1. The van der Waals surface area contributed by atoms with Crippen molar-refractivity contribution in [2.24, 2.45) is 0 Å². The summed E-state index contributed by atoms with van der Waals surface area (Å²) in [6.07, 6.45) is 3.36. The number of piperazine rings is 1. The van der Waals surface area contributed by atoms with Gasteiger partial charge in [0.05, 0.1) is 14.2 Å². The van der Waals surface area contributed by atoms with Crippen molar-refractivity contribution in [1.82, 2.24) is 10.2 Å². The van der Waals surface area contributed by atoms with Crippen LogP contribution in [0, 0.1) is 0 Å². The third-order valence-electron chi connectivity index (χ3n) is 3.27. The molecule has 1 aliphatic heterocycles. The molecular formula is C15H20N2O3. The van der Waals surface area contributed by atoms with Crippen LogP contribution in [0.4, 0.5) is 0 Å². The van der Waals surface area contributed by atoms with Crippen molar-refractivity contribution in [2.75, 3.05) is 40.4 Å². The zero-order valence-electron chi connectivity index (χ0n) is 11.9. The van der Waals surface area contributed by atoms with E-state index in [1.807, 2.05) is 23.1 Å². The number of hydrogen-bond acceptors (Lipinski definition) is 4. The van der Waals surface area contributed by atoms with Gasteiger partial charge in [-0.15, -0.1) is 0 Å². The van der Waals surface area contributed by atoms with E-state index >= 15 is 0 Å². The van der Waals surface area contributed by atoms with Crippen molar-refractivity contribution < 1.29 is 14.3 Å². The van der Waals surface area contributed by atoms with Crippen LogP contribution in [-0.4, -0.2) is 51.2 Å². The molecule has 1 N–H and O–H groups in total. The minimum Gasteiger partial charge on any atom is -0.493 e. The van der Waals surface area contributed by atoms with E-state index in [-0.39, 0.29) is 5.91 Å². The molecule has 1 aliphatic rings. The normalized spacial score (nSPS) is 15.4. The van der Waals surface area contributed by atoms with E-state index < -0.39 is 0 Å². The molecule has 0 radical (unpaired) electrons. The lowest BCUT2D eigenvalue weighted by Crippen LogP contribution is -2.45. The summed E-state index contributed by atoms with van der Waals surface area (Å²) in [6, 6.07) is 5.59. The molecule has 0 spiro atoms. The van der Waals surface area contributed by atoms with Crippen molar-refractivity contribution >= 4 is 12.0 Å². The average Bonchev–Trinajstić information content (AvgIpc) is 2.52. The zero-order chi connectivity index (χ0) is 14.4. The molecule has 5 nitrogen and oxygen atoms in total. The molecule has 1 heterocycles. The first-order valence-electron chi connectivity index (χ1n) is 6.65. The fraction of sp³-hybridized carbons (Fsp3) is 0.400. The van der Waals surface area contributed by atoms with Gasteiger partial charge >= 0.3 is 0 Å². The molecule has 0 unspecified atom stereocenters. The average molecular weight is 276 g/mol. The van der Waals surface area contributed by atoms with Gasteiger partial charge in [0.15, 0.2) is 11.5 Å². The second-order valence-electron chi connectivity index (χ2n) is 4.49. The third-order valence-corrected chi connectivity index (χ3v) is 3.27. The summed E-state index contributed by atoms with van der Waals surface area (Å²) in [5.74, 6) is 1.32. The number of amides is 1. The smallest absolute Gasteiger partial charge is 0.246 e. The van der Waals surface area contributed by atoms with E-state index in [9.17, 15) is 4.79 Å². The molecule has 0 aromatic heterocycles. The molecular weight excluding hydrogens is 256 g/mol. The van der Waals surface area contributed by atoms with Crippen molar-refractivity contribution in [2.45, 2.75) is 0 Å². The van der Waals surface area contributed by atoms with E-state index in [1.165, 1.54) is 0 Å². The Morgan fingerprint density at radius 1 is 1.25 bits per heavy atom. The molecule has 0 saturated carbocycles. The highest BCUT2D eigenvalue weighted by molar-refractivity contribution is 5.92. The Balaban J connectivity index is 2.12. The second kappa shape index (κ2) is 6.96. The predicted octanol–water partition coefficient (Wildman–Crippen LogP) is 1.15. The molecule has 1 fully saturated rings. The molecule has 0 bridgehead atoms. The first-order valence-corrected chi connectivity index (χ1v) is 6.65. The Kier molecular flexibility index (Phi) is 5.01. The Morgan fingerprint density at radius 3 is 2.65 bits per heavy atom. The number of carbonyl (C=O) groups is 1. The van der Waals surface area contributed by atoms with Crippen LogP contribution in [-0.2, 0) is 4.79 Å². The van der Waals surface area contributed by atoms with E-state index in [2.05, 4.69) is 5.32 Å². The number of benzene rings is 1. The molecule has 5 heteroatoms. The number of nitrogens with zero attached hydrogens (tertiary/aromatic N) is 1. The minimum absolute atomic E-state index is 0.0244. The highest BCUT2D eigenvalue weighted by Crippen LogP contribution is 2.31. The van der Waals surface area contributed by atoms with Crippen LogP contribution in [0.3, 0.4) is 0 Å². The van der Waals surface area contributed by atoms with Gasteiger partial charge in [0.2, 0.25) is 5.91 Å². The number of carbonyl (C=O) groups excluding carboxylic acids is 1. The number of para-hydroxylation sites is 1. The van der Waals surface area contributed by atoms with Crippen LogP contribution in [0.1, 0.15) is 5.56 Å². The zero-order valence-corrected chi connectivity index (χ0v) is 11.9. The summed E-state index contributed by atoms with van der Waals surface area (Å²) < 4.78 is 10.6. The summed E-state index contributed by atoms with van der Waals surface area (Å²) >= 11 is 0. The fourth-order valence-electron chi connectivity index (χ4n) is 2.19. The maximum Gasteiger partial charge on any atom is 0.246 e. The Bertz CT molecular complexity index is 494. The molecule has 20 heavy (non-hydrogen) atoms. The molecule has 1 aromatic rings. The van der Waals surface area contributed by atoms with Gasteiger partial charge in [-0.3, -0.25) is 4.79 Å². The molecule has 1 amide bonds. The fourth-order valence-corrected chi connectivity index (χ4v) is 2.19. The Morgan fingerprint density at radius 2 is 2.00 bits per heavy atom. The van der Waals surface area contributed by atoms with Crippen LogP contribution in [0.5, 0.6) is 11.5 Å². The Labute approximate surface area is 119 Å². The molecule has 0 aliphatic carbocycles. The summed E-state index contributed by atoms with van der Waals surface area (Å²) in [5, 5.41) is 3.22. The topological polar surface area (TPSA) is 50.8 Å². The van der Waals surface area contributed by atoms with Gasteiger partial charge in [-0.25, -0.2) is 0 Å². The summed E-state index contributed by atoms with van der Waals surface area (Å²) in [7, 11) is 3.19. The number of nitrogens with one attached hydrogen (secondary N) is 1. The molecule has 108 valence electrons. The Hall–Kier alpha value is -2.01. The quantitative estimate of drug-likeness (QED) is 0.838. The number of rotatable bonds is 4. The van der Waals surface area contributed by atoms with Crippen LogP contribution in [0.15, 0.2) is 24.3 Å². The maximum atomic E-state index is 12.1. The van der Waals surface area contributed by atoms with Crippen molar-refractivity contribution in [3.63, 3.8) is 0 Å². The lowest BCUT2D eigenvalue weighted by Gasteiger charge is -2.26. The lowest BCUT2D eigenvalue weighted by atomic mass is 10.1. The number of methoxy groups -OCH3 is 2. The van der Waals surface area contributed by atoms with E-state index in [0.29, 0.717) is 11.5 Å². The SMILES string of the molecule is COc1cccc(/C=C/C(=O)N2CCNCC2)c1OC. The van der Waals surface area contributed by atoms with Crippen molar-refractivity contribution in [3.8, 4) is 11.5 Å². The van der Waals surface area contributed by atoms with Crippen LogP contribution in [0.2, 0.25) is 0 Å². The summed E-state index contributed by atoms with van der Waals surface area (Å²) in [5.41, 5.74) is 0.829. The first kappa shape index (κ1) is 14.4. The van der Waals surface area contributed by atoms with Gasteiger partial charge in [-0.2, -0.15) is 0 Å². The van der Waals surface area contributed by atoms with Gasteiger partial charge in [0, 0.05) is 37.8 Å². The standard InChI is InChI=1S/C15H20N2O3/c1-19-13-5-3-4-12(15(13)20-2)6-7-14(18)17-10-8-16-9-11-17/h3-7,16H,8-11H2,1-2H3/b7-6+. The van der Waals surface area contributed by atoms with Gasteiger partial charge < -0.3 is 19.7 Å². The number of ether oxygens (including phenoxy) is 2. The largest absolute Gasteiger partial charge is 0.493 e. The first-order chi connectivity index (χ1) is 9.76. The predicted molar refractivity (Wildman–Crippen MR) is 78.0 cm³/mol. The molecule has 0 atom stereocenters. The highest BCUT2D eigenvalue weighted by atomic mass is 16.5. The van der Waals surface area contributed by atoms with E-state index in [1.54, 1.807) is 26.4 Å².